The van der Waals surface area contributed by atoms with Gasteiger partial charge < -0.3 is 0 Å². The highest BCUT2D eigenvalue weighted by molar-refractivity contribution is 7.48. The molecule has 4 rings (SSSR count). The second-order valence-electron chi connectivity index (χ2n) is 10.9. The zero-order valence-electron chi connectivity index (χ0n) is 21.1. The molecule has 4 aliphatic rings. The molecule has 0 aromatic carbocycles. The predicted octanol–water partition coefficient (Wildman–Crippen LogP) is 7.98. The second-order valence-corrected chi connectivity index (χ2v) is 12.5. The van der Waals surface area contributed by atoms with Crippen LogP contribution in [0.5, 0.6) is 0 Å². The van der Waals surface area contributed by atoms with Crippen molar-refractivity contribution in [3.63, 3.8) is 0 Å². The van der Waals surface area contributed by atoms with E-state index in [1.165, 1.54) is 89.9 Å². The van der Waals surface area contributed by atoms with E-state index in [1.807, 2.05) is 0 Å². The van der Waals surface area contributed by atoms with Gasteiger partial charge in [-0.25, -0.2) is 9.09 Å². The van der Waals surface area contributed by atoms with Crippen LogP contribution in [0.25, 0.3) is 0 Å². The summed E-state index contributed by atoms with van der Waals surface area (Å²) in [5.74, 6) is 0.495. The fraction of sp³-hybridized carbons (Fsp3) is 1.00. The van der Waals surface area contributed by atoms with Gasteiger partial charge in [0, 0.05) is 18.8 Å². The highest BCUT2D eigenvalue weighted by Crippen LogP contribution is 2.62. The maximum Gasteiger partial charge on any atom is 0.480 e. The molecule has 0 saturated carbocycles. The van der Waals surface area contributed by atoms with Gasteiger partial charge in [-0.1, -0.05) is 103 Å². The Hall–Kier alpha value is 0.0700. The van der Waals surface area contributed by atoms with E-state index in [1.54, 1.807) is 0 Å². The summed E-state index contributed by atoms with van der Waals surface area (Å²) in [6, 6.07) is 0. The maximum absolute atomic E-state index is 12.9. The van der Waals surface area contributed by atoms with Crippen LogP contribution in [0.4, 0.5) is 0 Å². The van der Waals surface area contributed by atoms with Crippen LogP contribution in [-0.4, -0.2) is 43.6 Å². The van der Waals surface area contributed by atoms with Gasteiger partial charge >= 0.3 is 7.82 Å². The molecule has 0 aromatic heterocycles. The van der Waals surface area contributed by atoms with Crippen molar-refractivity contribution in [2.75, 3.05) is 26.7 Å². The standard InChI is InChI=1S/C26H51NO4P/c1-3-4-5-6-7-8-9-10-11-12-13-14-15-16-17-18-23-29-32(28)30-25-24-19-21-27(2,22-20-24)26(25)31-32/h24-26H,3-23H2,1-2H3/q+1. The summed E-state index contributed by atoms with van der Waals surface area (Å²) in [5, 5.41) is 0. The lowest BCUT2D eigenvalue weighted by molar-refractivity contribution is -0.967. The number of phosphoric ester groups is 1. The van der Waals surface area contributed by atoms with Crippen LogP contribution in [0.15, 0.2) is 0 Å². The van der Waals surface area contributed by atoms with Crippen LogP contribution >= 0.6 is 7.82 Å². The minimum absolute atomic E-state index is 0.0286. The van der Waals surface area contributed by atoms with Gasteiger partial charge in [-0.15, -0.1) is 0 Å². The third-order valence-corrected chi connectivity index (χ3v) is 9.59. The number of likely N-dealkylation sites (N-methyl/N-ethyl adjacent to an activating group) is 1. The Morgan fingerprint density at radius 2 is 1.22 bits per heavy atom. The minimum atomic E-state index is -3.36. The maximum atomic E-state index is 12.9. The molecule has 32 heavy (non-hydrogen) atoms. The fourth-order valence-electron chi connectivity index (χ4n) is 5.85. The molecule has 0 spiro atoms. The van der Waals surface area contributed by atoms with E-state index in [-0.39, 0.29) is 12.3 Å². The highest BCUT2D eigenvalue weighted by atomic mass is 31.2. The van der Waals surface area contributed by atoms with Crippen LogP contribution in [0.2, 0.25) is 0 Å². The van der Waals surface area contributed by atoms with Gasteiger partial charge in [-0.3, -0.25) is 13.5 Å². The van der Waals surface area contributed by atoms with Gasteiger partial charge in [0.05, 0.1) is 26.7 Å². The average Bonchev–Trinajstić information content (AvgIpc) is 3.16. The molecule has 0 aromatic rings. The monoisotopic (exact) mass is 472 g/mol. The molecule has 3 atom stereocenters. The Morgan fingerprint density at radius 3 is 1.69 bits per heavy atom. The smallest absolute Gasteiger partial charge is 0.298 e. The summed E-state index contributed by atoms with van der Waals surface area (Å²) in [6.07, 6.45) is 23.8. The first kappa shape index (κ1) is 26.7. The molecular weight excluding hydrogens is 421 g/mol. The van der Waals surface area contributed by atoms with Gasteiger partial charge in [0.25, 0.3) is 0 Å². The second kappa shape index (κ2) is 13.8. The lowest BCUT2D eigenvalue weighted by atomic mass is 9.83. The van der Waals surface area contributed by atoms with E-state index in [9.17, 15) is 4.57 Å². The quantitative estimate of drug-likeness (QED) is 0.115. The highest BCUT2D eigenvalue weighted by Gasteiger charge is 2.62. The fourth-order valence-corrected chi connectivity index (χ4v) is 7.56. The molecule has 4 heterocycles. The third kappa shape index (κ3) is 8.08. The van der Waals surface area contributed by atoms with Gasteiger partial charge in [-0.05, 0) is 6.42 Å². The normalized spacial score (nSPS) is 33.6. The van der Waals surface area contributed by atoms with Crippen molar-refractivity contribution in [3.8, 4) is 0 Å². The number of piperidine rings is 3. The predicted molar refractivity (Wildman–Crippen MR) is 131 cm³/mol. The van der Waals surface area contributed by atoms with Crippen LogP contribution in [0, 0.1) is 5.92 Å². The van der Waals surface area contributed by atoms with E-state index < -0.39 is 7.82 Å². The van der Waals surface area contributed by atoms with Crippen molar-refractivity contribution < 1.29 is 22.6 Å². The minimum Gasteiger partial charge on any atom is -0.298 e. The Labute approximate surface area is 198 Å². The summed E-state index contributed by atoms with van der Waals surface area (Å²) in [4.78, 5) is 0. The summed E-state index contributed by atoms with van der Waals surface area (Å²) in [6.45, 7) is 4.99. The summed E-state index contributed by atoms with van der Waals surface area (Å²) >= 11 is 0. The van der Waals surface area contributed by atoms with Crippen LogP contribution < -0.4 is 0 Å². The van der Waals surface area contributed by atoms with Gasteiger partial charge in [0.15, 0.2) is 6.10 Å². The Kier molecular flexibility index (Phi) is 11.5. The van der Waals surface area contributed by atoms with Crippen molar-refractivity contribution >= 4 is 7.82 Å². The first-order valence-corrected chi connectivity index (χ1v) is 15.5. The molecule has 4 fully saturated rings. The molecule has 0 aliphatic carbocycles. The number of fused-ring (bicyclic) bond motifs is 2. The molecule has 0 radical (unpaired) electrons. The number of rotatable bonds is 18. The van der Waals surface area contributed by atoms with Crippen molar-refractivity contribution in [2.24, 2.45) is 5.92 Å². The average molecular weight is 473 g/mol. The number of unbranched alkanes of at least 4 members (excludes halogenated alkanes) is 15. The Morgan fingerprint density at radius 1 is 0.750 bits per heavy atom. The van der Waals surface area contributed by atoms with Crippen molar-refractivity contribution in [2.45, 2.75) is 135 Å². The topological polar surface area (TPSA) is 44.8 Å². The number of nitrogens with zero attached hydrogens (tertiary/aromatic N) is 1. The van der Waals surface area contributed by atoms with Crippen LogP contribution in [0.3, 0.4) is 0 Å². The molecule has 4 saturated heterocycles. The molecule has 3 unspecified atom stereocenters. The Bertz CT molecular complexity index is 564. The molecule has 188 valence electrons. The molecule has 6 heteroatoms. The summed E-state index contributed by atoms with van der Waals surface area (Å²) in [7, 11) is -1.15. The largest absolute Gasteiger partial charge is 0.480 e. The van der Waals surface area contributed by atoms with Crippen LogP contribution in [0.1, 0.15) is 122 Å². The van der Waals surface area contributed by atoms with Crippen molar-refractivity contribution in [3.05, 3.63) is 0 Å². The van der Waals surface area contributed by atoms with E-state index in [0.29, 0.717) is 12.5 Å². The van der Waals surface area contributed by atoms with E-state index >= 15 is 0 Å². The van der Waals surface area contributed by atoms with Gasteiger partial charge in [0.2, 0.25) is 6.23 Å². The zero-order valence-corrected chi connectivity index (χ0v) is 22.0. The molecule has 2 bridgehead atoms. The first-order chi connectivity index (χ1) is 15.6. The number of quaternary nitrogens is 1. The third-order valence-electron chi connectivity index (χ3n) is 8.12. The molecule has 0 amide bonds. The number of phosphoric acid groups is 1. The molecule has 5 nitrogen and oxygen atoms in total. The number of hydrogen-bond donors (Lipinski definition) is 0. The number of hydrogen-bond acceptors (Lipinski definition) is 4. The molecule has 0 N–H and O–H groups in total. The van der Waals surface area contributed by atoms with E-state index in [2.05, 4.69) is 14.0 Å². The molecule has 4 aliphatic heterocycles. The Balaban J connectivity index is 1.10. The summed E-state index contributed by atoms with van der Waals surface area (Å²) < 4.78 is 31.2. The summed E-state index contributed by atoms with van der Waals surface area (Å²) in [5.41, 5.74) is 0. The zero-order chi connectivity index (χ0) is 22.7. The lowest BCUT2D eigenvalue weighted by Gasteiger charge is -2.51. The SMILES string of the molecule is CCCCCCCCCCCCCCCCCCOP1(=O)OC2C3CC[N+](C)(CC3)C2O1. The van der Waals surface area contributed by atoms with Crippen molar-refractivity contribution in [1.82, 2.24) is 0 Å². The van der Waals surface area contributed by atoms with Crippen LogP contribution in [-0.2, 0) is 18.1 Å². The van der Waals surface area contributed by atoms with Gasteiger partial charge in [-0.2, -0.15) is 0 Å². The molecular formula is C26H51NO4P+. The van der Waals surface area contributed by atoms with E-state index in [4.69, 9.17) is 13.6 Å². The lowest BCUT2D eigenvalue weighted by Crippen LogP contribution is -2.66. The van der Waals surface area contributed by atoms with Crippen molar-refractivity contribution in [1.29, 1.82) is 0 Å². The van der Waals surface area contributed by atoms with Gasteiger partial charge in [0.1, 0.15) is 0 Å². The van der Waals surface area contributed by atoms with E-state index in [0.717, 1.165) is 43.3 Å². The first-order valence-electron chi connectivity index (χ1n) is 14.0.